The fraction of sp³-hybridized carbons (Fsp3) is 0.562. The summed E-state index contributed by atoms with van der Waals surface area (Å²) in [5, 5.41) is 2.99. The first-order valence-corrected chi connectivity index (χ1v) is 9.85. The van der Waals surface area contributed by atoms with Gasteiger partial charge in [0.25, 0.3) is 0 Å². The highest BCUT2D eigenvalue weighted by Gasteiger charge is 2.31. The normalized spacial score (nSPS) is 17.3. The number of anilines is 1. The maximum absolute atomic E-state index is 12.7. The van der Waals surface area contributed by atoms with Gasteiger partial charge in [0.05, 0.1) is 15.6 Å². The zero-order chi connectivity index (χ0) is 18.8. The molecule has 140 valence electrons. The molecule has 1 fully saturated rings. The minimum atomic E-state index is -3.63. The van der Waals surface area contributed by atoms with Gasteiger partial charge in [-0.05, 0) is 51.8 Å². The number of nitrogens with two attached hydrogens (primary N) is 1. The van der Waals surface area contributed by atoms with Gasteiger partial charge in [-0.1, -0.05) is 11.6 Å². The molecule has 25 heavy (non-hydrogen) atoms. The molecule has 1 amide bonds. The van der Waals surface area contributed by atoms with Crippen molar-refractivity contribution in [1.29, 1.82) is 0 Å². The monoisotopic (exact) mass is 389 g/mol. The highest BCUT2D eigenvalue weighted by atomic mass is 35.5. The zero-order valence-electron chi connectivity index (χ0n) is 14.6. The number of hydrogen-bond acceptors (Lipinski definition) is 5. The average Bonchev–Trinajstić information content (AvgIpc) is 2.48. The molecule has 0 unspecified atom stereocenters. The van der Waals surface area contributed by atoms with Crippen LogP contribution in [0.5, 0.6) is 0 Å². The lowest BCUT2D eigenvalue weighted by atomic mass is 10.1. The van der Waals surface area contributed by atoms with Gasteiger partial charge < -0.3 is 15.8 Å². The van der Waals surface area contributed by atoms with Gasteiger partial charge >= 0.3 is 6.09 Å². The van der Waals surface area contributed by atoms with Crippen molar-refractivity contribution in [2.24, 2.45) is 0 Å². The fourth-order valence-corrected chi connectivity index (χ4v) is 4.27. The van der Waals surface area contributed by atoms with E-state index in [1.54, 1.807) is 20.8 Å². The number of rotatable bonds is 3. The Hall–Kier alpha value is -1.51. The van der Waals surface area contributed by atoms with Crippen LogP contribution < -0.4 is 11.1 Å². The number of nitrogens with zero attached hydrogens (tertiary/aromatic N) is 1. The van der Waals surface area contributed by atoms with Crippen LogP contribution in [0.3, 0.4) is 0 Å². The van der Waals surface area contributed by atoms with Crippen molar-refractivity contribution >= 4 is 33.4 Å². The Morgan fingerprint density at radius 2 is 1.92 bits per heavy atom. The number of sulfonamides is 1. The molecule has 1 aromatic rings. The molecule has 0 spiro atoms. The summed E-state index contributed by atoms with van der Waals surface area (Å²) < 4.78 is 32.0. The lowest BCUT2D eigenvalue weighted by Gasteiger charge is -2.32. The van der Waals surface area contributed by atoms with E-state index < -0.39 is 21.7 Å². The van der Waals surface area contributed by atoms with Gasteiger partial charge in [0.2, 0.25) is 10.0 Å². The van der Waals surface area contributed by atoms with Crippen molar-refractivity contribution < 1.29 is 17.9 Å². The summed E-state index contributed by atoms with van der Waals surface area (Å²) >= 11 is 5.92. The number of nitrogens with one attached hydrogen (secondary N) is 1. The summed E-state index contributed by atoms with van der Waals surface area (Å²) in [5.74, 6) is 0. The standard InChI is InChI=1S/C16H24ClN3O4S/c1-16(2,3)24-15(21)19-11-6-8-20(9-7-11)25(22,23)12-4-5-14(18)13(17)10-12/h4-5,10-11H,6-9,18H2,1-3H3,(H,19,21). The van der Waals surface area contributed by atoms with Crippen LogP contribution in [-0.4, -0.2) is 43.5 Å². The molecule has 1 aliphatic heterocycles. The summed E-state index contributed by atoms with van der Waals surface area (Å²) in [6.45, 7) is 5.99. The molecule has 7 nitrogen and oxygen atoms in total. The first-order valence-electron chi connectivity index (χ1n) is 8.04. The van der Waals surface area contributed by atoms with Gasteiger partial charge in [-0.3, -0.25) is 0 Å². The molecule has 9 heteroatoms. The zero-order valence-corrected chi connectivity index (χ0v) is 16.2. The topological polar surface area (TPSA) is 102 Å². The van der Waals surface area contributed by atoms with E-state index in [-0.39, 0.29) is 16.0 Å². The number of amides is 1. The number of nitrogen functional groups attached to an aromatic ring is 1. The smallest absolute Gasteiger partial charge is 0.407 e. The summed E-state index contributed by atoms with van der Waals surface area (Å²) in [6, 6.07) is 4.17. The molecule has 0 bridgehead atoms. The third-order valence-corrected chi connectivity index (χ3v) is 6.01. The molecule has 0 aliphatic carbocycles. The van der Waals surface area contributed by atoms with Gasteiger partial charge in [-0.25, -0.2) is 13.2 Å². The number of benzene rings is 1. The Morgan fingerprint density at radius 1 is 1.32 bits per heavy atom. The van der Waals surface area contributed by atoms with Crippen LogP contribution in [-0.2, 0) is 14.8 Å². The first-order chi connectivity index (χ1) is 11.5. The van der Waals surface area contributed by atoms with E-state index in [0.29, 0.717) is 31.6 Å². The van der Waals surface area contributed by atoms with Crippen molar-refractivity contribution in [3.63, 3.8) is 0 Å². The third kappa shape index (κ3) is 5.23. The molecule has 0 atom stereocenters. The molecule has 0 radical (unpaired) electrons. The molecule has 1 aromatic carbocycles. The van der Waals surface area contributed by atoms with E-state index in [9.17, 15) is 13.2 Å². The Labute approximate surface area is 153 Å². The summed E-state index contributed by atoms with van der Waals surface area (Å²) in [5.41, 5.74) is 5.39. The van der Waals surface area contributed by atoms with Crippen LogP contribution >= 0.6 is 11.6 Å². The van der Waals surface area contributed by atoms with Crippen molar-refractivity contribution in [3.05, 3.63) is 23.2 Å². The first kappa shape index (κ1) is 19.8. The van der Waals surface area contributed by atoms with Gasteiger partial charge in [0.1, 0.15) is 5.60 Å². The van der Waals surface area contributed by atoms with Gasteiger partial charge in [-0.2, -0.15) is 4.31 Å². The number of halogens is 1. The number of hydrogen-bond donors (Lipinski definition) is 2. The van der Waals surface area contributed by atoms with E-state index in [1.807, 2.05) is 0 Å². The molecule has 1 saturated heterocycles. The Balaban J connectivity index is 1.97. The van der Waals surface area contributed by atoms with E-state index >= 15 is 0 Å². The lowest BCUT2D eigenvalue weighted by molar-refractivity contribution is 0.0489. The second-order valence-corrected chi connectivity index (χ2v) is 9.35. The average molecular weight is 390 g/mol. The van der Waals surface area contributed by atoms with Crippen molar-refractivity contribution in [2.45, 2.75) is 50.2 Å². The number of ether oxygens (including phenoxy) is 1. The number of alkyl carbamates (subject to hydrolysis) is 1. The number of carbonyl (C=O) groups excluding carboxylic acids is 1. The fourth-order valence-electron chi connectivity index (χ4n) is 2.53. The maximum atomic E-state index is 12.7. The summed E-state index contributed by atoms with van der Waals surface area (Å²) in [7, 11) is -3.63. The highest BCUT2D eigenvalue weighted by Crippen LogP contribution is 2.26. The third-order valence-electron chi connectivity index (χ3n) is 3.78. The lowest BCUT2D eigenvalue weighted by Crippen LogP contribution is -2.47. The molecule has 0 saturated carbocycles. The maximum Gasteiger partial charge on any atom is 0.407 e. The van der Waals surface area contributed by atoms with Crippen LogP contribution in [0.2, 0.25) is 5.02 Å². The summed E-state index contributed by atoms with van der Waals surface area (Å²) in [6.07, 6.45) is 0.543. The molecular formula is C16H24ClN3O4S. The van der Waals surface area contributed by atoms with E-state index in [2.05, 4.69) is 5.32 Å². The van der Waals surface area contributed by atoms with Crippen molar-refractivity contribution in [3.8, 4) is 0 Å². The van der Waals surface area contributed by atoms with Crippen LogP contribution in [0.25, 0.3) is 0 Å². The quantitative estimate of drug-likeness (QED) is 0.773. The van der Waals surface area contributed by atoms with Crippen LogP contribution in [0, 0.1) is 0 Å². The van der Waals surface area contributed by atoms with Gasteiger partial charge in [0, 0.05) is 19.1 Å². The largest absolute Gasteiger partial charge is 0.444 e. The van der Waals surface area contributed by atoms with Crippen LogP contribution in [0.4, 0.5) is 10.5 Å². The van der Waals surface area contributed by atoms with E-state index in [4.69, 9.17) is 22.1 Å². The van der Waals surface area contributed by atoms with Gasteiger partial charge in [-0.15, -0.1) is 0 Å². The van der Waals surface area contributed by atoms with Crippen LogP contribution in [0.15, 0.2) is 23.1 Å². The predicted octanol–water partition coefficient (Wildman–Crippen LogP) is 2.60. The summed E-state index contributed by atoms with van der Waals surface area (Å²) in [4.78, 5) is 11.9. The second-order valence-electron chi connectivity index (χ2n) is 7.01. The molecule has 1 heterocycles. The minimum Gasteiger partial charge on any atom is -0.444 e. The molecule has 2 rings (SSSR count). The molecule has 1 aliphatic rings. The number of carbonyl (C=O) groups is 1. The Bertz CT molecular complexity index is 738. The minimum absolute atomic E-state index is 0.115. The predicted molar refractivity (Wildman–Crippen MR) is 97.0 cm³/mol. The second kappa shape index (κ2) is 7.39. The Morgan fingerprint density at radius 3 is 2.44 bits per heavy atom. The SMILES string of the molecule is CC(C)(C)OC(=O)NC1CCN(S(=O)(=O)c2ccc(N)c(Cl)c2)CC1. The number of piperidine rings is 1. The Kier molecular flexibility index (Phi) is 5.86. The molecular weight excluding hydrogens is 366 g/mol. The van der Waals surface area contributed by atoms with Crippen molar-refractivity contribution in [1.82, 2.24) is 9.62 Å². The molecule has 0 aromatic heterocycles. The highest BCUT2D eigenvalue weighted by molar-refractivity contribution is 7.89. The van der Waals surface area contributed by atoms with Crippen molar-refractivity contribution in [2.75, 3.05) is 18.8 Å². The van der Waals surface area contributed by atoms with E-state index in [1.165, 1.54) is 22.5 Å². The molecule has 3 N–H and O–H groups in total. The van der Waals surface area contributed by atoms with Crippen LogP contribution in [0.1, 0.15) is 33.6 Å². The van der Waals surface area contributed by atoms with E-state index in [0.717, 1.165) is 0 Å². The van der Waals surface area contributed by atoms with Gasteiger partial charge in [0.15, 0.2) is 0 Å².